The topological polar surface area (TPSA) is 85.2 Å². The molecule has 0 aliphatic carbocycles. The quantitative estimate of drug-likeness (QED) is 0.564. The Bertz CT molecular complexity index is 953. The van der Waals surface area contributed by atoms with Crippen LogP contribution in [0.4, 0.5) is 5.69 Å². The summed E-state index contributed by atoms with van der Waals surface area (Å²) < 4.78 is 6.78. The molecule has 0 bridgehead atoms. The van der Waals surface area contributed by atoms with Crippen LogP contribution in [0.25, 0.3) is 0 Å². The van der Waals surface area contributed by atoms with Gasteiger partial charge in [-0.3, -0.25) is 14.3 Å². The molecule has 1 aromatic carbocycles. The van der Waals surface area contributed by atoms with Crippen molar-refractivity contribution in [3.63, 3.8) is 0 Å². The van der Waals surface area contributed by atoms with Gasteiger partial charge in [-0.15, -0.1) is 11.3 Å². The summed E-state index contributed by atoms with van der Waals surface area (Å²) in [4.78, 5) is 25.8. The van der Waals surface area contributed by atoms with Crippen LogP contribution in [0.5, 0.6) is 5.75 Å². The largest absolute Gasteiger partial charge is 0.496 e. The Morgan fingerprint density at radius 3 is 2.76 bits per heavy atom. The Morgan fingerprint density at radius 2 is 2.03 bits per heavy atom. The van der Waals surface area contributed by atoms with Gasteiger partial charge in [0.25, 0.3) is 0 Å². The zero-order valence-corrected chi connectivity index (χ0v) is 17.2. The van der Waals surface area contributed by atoms with Crippen LogP contribution in [0.1, 0.15) is 29.8 Å². The van der Waals surface area contributed by atoms with Gasteiger partial charge in [-0.2, -0.15) is 5.10 Å². The smallest absolute Gasteiger partial charge is 0.242 e. The van der Waals surface area contributed by atoms with Crippen LogP contribution in [0, 0.1) is 0 Å². The number of hydrogen-bond donors (Lipinski definition) is 2. The summed E-state index contributed by atoms with van der Waals surface area (Å²) in [5.41, 5.74) is 1.35. The molecule has 0 radical (unpaired) electrons. The zero-order valence-electron chi connectivity index (χ0n) is 16.4. The summed E-state index contributed by atoms with van der Waals surface area (Å²) >= 11 is 1.62. The van der Waals surface area contributed by atoms with Crippen LogP contribution >= 0.6 is 11.3 Å². The number of methoxy groups -OCH3 is 1. The van der Waals surface area contributed by atoms with Gasteiger partial charge in [-0.25, -0.2) is 0 Å². The van der Waals surface area contributed by atoms with E-state index in [-0.39, 0.29) is 30.8 Å². The number of carbonyl (C=O) groups is 2. The number of ether oxygens (including phenoxy) is 1. The predicted octanol–water partition coefficient (Wildman–Crippen LogP) is 3.40. The average molecular weight is 413 g/mol. The Morgan fingerprint density at radius 1 is 1.21 bits per heavy atom. The van der Waals surface area contributed by atoms with Crippen LogP contribution in [0.15, 0.2) is 54.2 Å². The first-order valence-electron chi connectivity index (χ1n) is 9.36. The molecule has 1 atom stereocenters. The molecular formula is C21H24N4O3S. The molecule has 0 aliphatic rings. The number of para-hydroxylation sites is 1. The molecule has 29 heavy (non-hydrogen) atoms. The highest BCUT2D eigenvalue weighted by molar-refractivity contribution is 7.10. The van der Waals surface area contributed by atoms with E-state index in [1.165, 1.54) is 10.9 Å². The number of aromatic nitrogens is 2. The fourth-order valence-electron chi connectivity index (χ4n) is 2.99. The standard InChI is InChI=1S/C21H24N4O3S/c1-3-17(19-9-6-10-29-19)24-21(27)14-25-13-16(12-22-25)23-20(26)11-15-7-4-5-8-18(15)28-2/h4-10,12-13,17H,3,11,14H2,1-2H3,(H,23,26)(H,24,27). The third-order valence-electron chi connectivity index (χ3n) is 4.40. The van der Waals surface area contributed by atoms with Gasteiger partial charge in [0, 0.05) is 16.6 Å². The number of thiophene rings is 1. The summed E-state index contributed by atoms with van der Waals surface area (Å²) in [6.07, 6.45) is 4.18. The molecule has 0 aliphatic heterocycles. The van der Waals surface area contributed by atoms with Crippen molar-refractivity contribution >= 4 is 28.8 Å². The number of hydrogen-bond acceptors (Lipinski definition) is 5. The molecule has 2 aromatic heterocycles. The van der Waals surface area contributed by atoms with Gasteiger partial charge in [0.2, 0.25) is 11.8 Å². The second kappa shape index (κ2) is 9.88. The molecule has 7 nitrogen and oxygen atoms in total. The predicted molar refractivity (Wildman–Crippen MR) is 113 cm³/mol. The fourth-order valence-corrected chi connectivity index (χ4v) is 3.85. The number of rotatable bonds is 9. The van der Waals surface area contributed by atoms with E-state index in [2.05, 4.69) is 15.7 Å². The van der Waals surface area contributed by atoms with Gasteiger partial charge >= 0.3 is 0 Å². The molecule has 0 saturated heterocycles. The van der Waals surface area contributed by atoms with Crippen LogP contribution in [0.2, 0.25) is 0 Å². The molecule has 2 N–H and O–H groups in total. The first-order valence-corrected chi connectivity index (χ1v) is 10.2. The van der Waals surface area contributed by atoms with Crippen LogP contribution in [0.3, 0.4) is 0 Å². The van der Waals surface area contributed by atoms with Crippen molar-refractivity contribution in [2.24, 2.45) is 0 Å². The normalized spacial score (nSPS) is 11.7. The number of anilines is 1. The average Bonchev–Trinajstić information content (AvgIpc) is 3.39. The van der Waals surface area contributed by atoms with Crippen LogP contribution in [-0.4, -0.2) is 28.7 Å². The molecule has 0 spiro atoms. The van der Waals surface area contributed by atoms with E-state index in [1.54, 1.807) is 24.6 Å². The van der Waals surface area contributed by atoms with E-state index in [4.69, 9.17) is 4.74 Å². The first kappa shape index (κ1) is 20.6. The highest BCUT2D eigenvalue weighted by Crippen LogP contribution is 2.21. The first-order chi connectivity index (χ1) is 14.1. The number of benzene rings is 1. The summed E-state index contributed by atoms with van der Waals surface area (Å²) in [7, 11) is 1.58. The molecule has 0 fully saturated rings. The molecular weight excluding hydrogens is 388 g/mol. The highest BCUT2D eigenvalue weighted by Gasteiger charge is 2.15. The van der Waals surface area contributed by atoms with E-state index in [9.17, 15) is 9.59 Å². The lowest BCUT2D eigenvalue weighted by molar-refractivity contribution is -0.122. The maximum atomic E-state index is 12.4. The molecule has 8 heteroatoms. The van der Waals surface area contributed by atoms with Crippen LogP contribution in [-0.2, 0) is 22.6 Å². The van der Waals surface area contributed by atoms with E-state index in [0.717, 1.165) is 16.9 Å². The van der Waals surface area contributed by atoms with Crippen molar-refractivity contribution in [1.29, 1.82) is 0 Å². The zero-order chi connectivity index (χ0) is 20.6. The third kappa shape index (κ3) is 5.68. The van der Waals surface area contributed by atoms with Gasteiger partial charge in [0.05, 0.1) is 31.5 Å². The minimum atomic E-state index is -0.178. The molecule has 3 aromatic rings. The molecule has 2 heterocycles. The van der Waals surface area contributed by atoms with Gasteiger partial charge in [-0.05, 0) is 23.9 Å². The maximum absolute atomic E-state index is 12.4. The Hall–Kier alpha value is -3.13. The SMILES string of the molecule is CCC(NC(=O)Cn1cc(NC(=O)Cc2ccccc2OC)cn1)c1cccs1. The minimum Gasteiger partial charge on any atom is -0.496 e. The Balaban J connectivity index is 1.53. The lowest BCUT2D eigenvalue weighted by atomic mass is 10.1. The van der Waals surface area contributed by atoms with Crippen molar-refractivity contribution in [2.45, 2.75) is 32.4 Å². The molecule has 152 valence electrons. The lowest BCUT2D eigenvalue weighted by Gasteiger charge is -2.15. The summed E-state index contributed by atoms with van der Waals surface area (Å²) in [5, 5.41) is 12.0. The van der Waals surface area contributed by atoms with Crippen molar-refractivity contribution in [3.05, 3.63) is 64.6 Å². The summed E-state index contributed by atoms with van der Waals surface area (Å²) in [6, 6.07) is 11.4. The minimum absolute atomic E-state index is 0.00177. The van der Waals surface area contributed by atoms with Gasteiger partial charge in [-0.1, -0.05) is 31.2 Å². The second-order valence-electron chi connectivity index (χ2n) is 6.51. The second-order valence-corrected chi connectivity index (χ2v) is 7.49. The van der Waals surface area contributed by atoms with Crippen molar-refractivity contribution in [2.75, 3.05) is 12.4 Å². The molecule has 2 amide bonds. The van der Waals surface area contributed by atoms with Crippen molar-refractivity contribution < 1.29 is 14.3 Å². The summed E-state index contributed by atoms with van der Waals surface area (Å²) in [5.74, 6) is 0.369. The fraction of sp³-hybridized carbons (Fsp3) is 0.286. The lowest BCUT2D eigenvalue weighted by Crippen LogP contribution is -2.31. The molecule has 3 rings (SSSR count). The maximum Gasteiger partial charge on any atom is 0.242 e. The van der Waals surface area contributed by atoms with E-state index < -0.39 is 0 Å². The summed E-state index contributed by atoms with van der Waals surface area (Å²) in [6.45, 7) is 2.12. The number of amides is 2. The Labute approximate surface area is 173 Å². The molecule has 0 saturated carbocycles. The number of nitrogens with one attached hydrogen (secondary N) is 2. The third-order valence-corrected chi connectivity index (χ3v) is 5.38. The highest BCUT2D eigenvalue weighted by atomic mass is 32.1. The van der Waals surface area contributed by atoms with Gasteiger partial charge in [0.15, 0.2) is 0 Å². The number of nitrogens with zero attached hydrogens (tertiary/aromatic N) is 2. The van der Waals surface area contributed by atoms with Crippen molar-refractivity contribution in [1.82, 2.24) is 15.1 Å². The van der Waals surface area contributed by atoms with E-state index in [0.29, 0.717) is 11.4 Å². The molecule has 1 unspecified atom stereocenters. The number of carbonyl (C=O) groups excluding carboxylic acids is 2. The van der Waals surface area contributed by atoms with Crippen molar-refractivity contribution in [3.8, 4) is 5.75 Å². The van der Waals surface area contributed by atoms with Gasteiger partial charge in [0.1, 0.15) is 12.3 Å². The Kier molecular flexibility index (Phi) is 7.02. The van der Waals surface area contributed by atoms with E-state index >= 15 is 0 Å². The monoisotopic (exact) mass is 412 g/mol. The van der Waals surface area contributed by atoms with Gasteiger partial charge < -0.3 is 15.4 Å². The van der Waals surface area contributed by atoms with Crippen LogP contribution < -0.4 is 15.4 Å². The van der Waals surface area contributed by atoms with E-state index in [1.807, 2.05) is 48.7 Å².